The van der Waals surface area contributed by atoms with Gasteiger partial charge in [0, 0.05) is 17.3 Å². The van der Waals surface area contributed by atoms with Crippen molar-refractivity contribution in [1.29, 1.82) is 0 Å². The normalized spacial score (nSPS) is 9.85. The van der Waals surface area contributed by atoms with Gasteiger partial charge in [0.1, 0.15) is 5.01 Å². The van der Waals surface area contributed by atoms with Gasteiger partial charge in [0.05, 0.1) is 6.54 Å². The Morgan fingerprint density at radius 1 is 1.23 bits per heavy atom. The Morgan fingerprint density at radius 2 is 2.08 bits per heavy atom. The number of para-hydroxylation sites is 1. The van der Waals surface area contributed by atoms with Gasteiger partial charge < -0.3 is 5.32 Å². The maximum atomic E-state index is 4.19. The molecule has 0 fully saturated rings. The number of nitrogens with one attached hydrogen (secondary N) is 1. The lowest BCUT2D eigenvalue weighted by Crippen LogP contribution is -1.97. The number of hydrogen-bond donors (Lipinski definition) is 1. The molecule has 0 atom stereocenters. The number of aromatic nitrogens is 1. The summed E-state index contributed by atoms with van der Waals surface area (Å²) in [5, 5.41) is 6.40. The van der Waals surface area contributed by atoms with Crippen LogP contribution in [0.15, 0.2) is 41.9 Å². The third-order valence-corrected chi connectivity index (χ3v) is 2.48. The molecule has 2 aromatic rings. The van der Waals surface area contributed by atoms with Gasteiger partial charge in [-0.25, -0.2) is 4.98 Å². The molecule has 0 aliphatic carbocycles. The van der Waals surface area contributed by atoms with E-state index in [-0.39, 0.29) is 0 Å². The summed E-state index contributed by atoms with van der Waals surface area (Å²) in [6, 6.07) is 10.1. The fraction of sp³-hybridized carbons (Fsp3) is 0.100. The van der Waals surface area contributed by atoms with E-state index in [1.54, 1.807) is 11.3 Å². The second-order valence-corrected chi connectivity index (χ2v) is 3.62. The van der Waals surface area contributed by atoms with Gasteiger partial charge in [0.15, 0.2) is 0 Å². The van der Waals surface area contributed by atoms with E-state index in [0.717, 1.165) is 17.2 Å². The van der Waals surface area contributed by atoms with Crippen molar-refractivity contribution >= 4 is 17.0 Å². The lowest BCUT2D eigenvalue weighted by Gasteiger charge is -2.02. The smallest absolute Gasteiger partial charge is 0.112 e. The van der Waals surface area contributed by atoms with Crippen molar-refractivity contribution in [2.24, 2.45) is 0 Å². The molecule has 0 amide bonds. The average Bonchev–Trinajstić information content (AvgIpc) is 2.69. The molecule has 0 bridgehead atoms. The van der Waals surface area contributed by atoms with Crippen LogP contribution in [0.2, 0.25) is 0 Å². The van der Waals surface area contributed by atoms with Crippen LogP contribution in [0, 0.1) is 0 Å². The van der Waals surface area contributed by atoms with E-state index in [9.17, 15) is 0 Å². The Kier molecular flexibility index (Phi) is 2.57. The molecule has 1 aromatic carbocycles. The summed E-state index contributed by atoms with van der Waals surface area (Å²) in [7, 11) is 0. The summed E-state index contributed by atoms with van der Waals surface area (Å²) in [5.74, 6) is 0. The minimum Gasteiger partial charge on any atom is -0.379 e. The van der Waals surface area contributed by atoms with Crippen LogP contribution in [0.4, 0.5) is 5.69 Å². The van der Waals surface area contributed by atoms with E-state index in [2.05, 4.69) is 10.3 Å². The molecule has 0 unspecified atom stereocenters. The Balaban J connectivity index is 1.94. The van der Waals surface area contributed by atoms with Gasteiger partial charge >= 0.3 is 0 Å². The van der Waals surface area contributed by atoms with E-state index in [1.807, 2.05) is 41.9 Å². The number of anilines is 1. The number of nitrogens with zero attached hydrogens (tertiary/aromatic N) is 1. The van der Waals surface area contributed by atoms with Gasteiger partial charge in [0.25, 0.3) is 0 Å². The van der Waals surface area contributed by atoms with Gasteiger partial charge in [-0.1, -0.05) is 18.2 Å². The van der Waals surface area contributed by atoms with E-state index in [0.29, 0.717) is 0 Å². The van der Waals surface area contributed by atoms with Crippen molar-refractivity contribution in [2.45, 2.75) is 6.54 Å². The minimum atomic E-state index is 0.807. The van der Waals surface area contributed by atoms with E-state index >= 15 is 0 Å². The molecular formula is C10H10N2S. The summed E-state index contributed by atoms with van der Waals surface area (Å²) < 4.78 is 0. The lowest BCUT2D eigenvalue weighted by molar-refractivity contribution is 1.10. The number of hydrogen-bond acceptors (Lipinski definition) is 3. The first-order valence-electron chi connectivity index (χ1n) is 4.12. The topological polar surface area (TPSA) is 24.9 Å². The summed E-state index contributed by atoms with van der Waals surface area (Å²) in [4.78, 5) is 4.19. The summed E-state index contributed by atoms with van der Waals surface area (Å²) in [5.41, 5.74) is 1.14. The van der Waals surface area contributed by atoms with Crippen LogP contribution in [-0.4, -0.2) is 4.98 Å². The molecule has 0 aliphatic heterocycles. The molecule has 0 radical (unpaired) electrons. The van der Waals surface area contributed by atoms with E-state index in [4.69, 9.17) is 0 Å². The van der Waals surface area contributed by atoms with Crippen molar-refractivity contribution in [3.63, 3.8) is 0 Å². The largest absolute Gasteiger partial charge is 0.379 e. The fourth-order valence-electron chi connectivity index (χ4n) is 1.07. The first-order valence-corrected chi connectivity index (χ1v) is 5.00. The van der Waals surface area contributed by atoms with Crippen LogP contribution >= 0.6 is 11.3 Å². The highest BCUT2D eigenvalue weighted by Gasteiger charge is 1.93. The molecule has 1 N–H and O–H groups in total. The molecule has 1 aromatic heterocycles. The highest BCUT2D eigenvalue weighted by Crippen LogP contribution is 2.09. The van der Waals surface area contributed by atoms with Crippen molar-refractivity contribution in [2.75, 3.05) is 5.32 Å². The van der Waals surface area contributed by atoms with Crippen LogP contribution in [0.5, 0.6) is 0 Å². The second-order valence-electron chi connectivity index (χ2n) is 2.65. The second kappa shape index (κ2) is 4.05. The monoisotopic (exact) mass is 190 g/mol. The van der Waals surface area contributed by atoms with E-state index in [1.165, 1.54) is 0 Å². The lowest BCUT2D eigenvalue weighted by atomic mass is 10.3. The molecule has 0 saturated heterocycles. The third kappa shape index (κ3) is 2.29. The van der Waals surface area contributed by atoms with Crippen molar-refractivity contribution in [3.8, 4) is 0 Å². The quantitative estimate of drug-likeness (QED) is 0.805. The van der Waals surface area contributed by atoms with Crippen LogP contribution in [-0.2, 0) is 6.54 Å². The molecule has 66 valence electrons. The zero-order valence-electron chi connectivity index (χ0n) is 7.10. The zero-order valence-corrected chi connectivity index (χ0v) is 7.92. The predicted octanol–water partition coefficient (Wildman–Crippen LogP) is 2.76. The highest BCUT2D eigenvalue weighted by atomic mass is 32.1. The zero-order chi connectivity index (χ0) is 8.93. The van der Waals surface area contributed by atoms with Crippen molar-refractivity contribution in [1.82, 2.24) is 4.98 Å². The first kappa shape index (κ1) is 8.26. The maximum absolute atomic E-state index is 4.19. The maximum Gasteiger partial charge on any atom is 0.112 e. The Bertz CT molecular complexity index is 342. The standard InChI is InChI=1S/C10H10N2S/c1-2-4-9(5-3-1)12-8-10-11-6-7-13-10/h1-7,12H,8H2. The first-order chi connectivity index (χ1) is 6.45. The molecule has 1 heterocycles. The molecular weight excluding hydrogens is 180 g/mol. The van der Waals surface area contributed by atoms with Crippen molar-refractivity contribution in [3.05, 3.63) is 46.9 Å². The molecule has 2 rings (SSSR count). The van der Waals surface area contributed by atoms with Gasteiger partial charge in [-0.3, -0.25) is 0 Å². The molecule has 13 heavy (non-hydrogen) atoms. The van der Waals surface area contributed by atoms with Gasteiger partial charge in [0.2, 0.25) is 0 Å². The Labute approximate surface area is 81.3 Å². The van der Waals surface area contributed by atoms with Crippen LogP contribution in [0.25, 0.3) is 0 Å². The number of benzene rings is 1. The molecule has 2 nitrogen and oxygen atoms in total. The number of rotatable bonds is 3. The Morgan fingerprint density at radius 3 is 2.77 bits per heavy atom. The SMILES string of the molecule is c1ccc(NCc2nccs2)cc1. The van der Waals surface area contributed by atoms with Crippen LogP contribution in [0.1, 0.15) is 5.01 Å². The molecule has 3 heteroatoms. The van der Waals surface area contributed by atoms with Crippen LogP contribution in [0.3, 0.4) is 0 Å². The average molecular weight is 190 g/mol. The molecule has 0 spiro atoms. The van der Waals surface area contributed by atoms with Crippen molar-refractivity contribution < 1.29 is 0 Å². The van der Waals surface area contributed by atoms with Gasteiger partial charge in [-0.15, -0.1) is 11.3 Å². The summed E-state index contributed by atoms with van der Waals surface area (Å²) >= 11 is 1.67. The van der Waals surface area contributed by atoms with Gasteiger partial charge in [-0.05, 0) is 12.1 Å². The van der Waals surface area contributed by atoms with E-state index < -0.39 is 0 Å². The third-order valence-electron chi connectivity index (χ3n) is 1.70. The highest BCUT2D eigenvalue weighted by molar-refractivity contribution is 7.09. The van der Waals surface area contributed by atoms with Gasteiger partial charge in [-0.2, -0.15) is 0 Å². The van der Waals surface area contributed by atoms with Crippen LogP contribution < -0.4 is 5.32 Å². The summed E-state index contributed by atoms with van der Waals surface area (Å²) in [6.45, 7) is 0.807. The summed E-state index contributed by atoms with van der Waals surface area (Å²) in [6.07, 6.45) is 1.83. The Hall–Kier alpha value is -1.35. The molecule has 0 saturated carbocycles. The predicted molar refractivity (Wildman–Crippen MR) is 55.9 cm³/mol. The number of thiazole rings is 1. The minimum absolute atomic E-state index is 0.807. The molecule has 0 aliphatic rings. The fourth-order valence-corrected chi connectivity index (χ4v) is 1.63.